The molecular formula is C9H17NS. The highest BCUT2D eigenvalue weighted by Crippen LogP contribution is 2.33. The lowest BCUT2D eigenvalue weighted by Crippen LogP contribution is -2.47. The number of thiol groups is 1. The van der Waals surface area contributed by atoms with Crippen molar-refractivity contribution in [2.24, 2.45) is 5.92 Å². The lowest BCUT2D eigenvalue weighted by molar-refractivity contribution is 0.220. The van der Waals surface area contributed by atoms with E-state index in [4.69, 9.17) is 0 Å². The molecule has 3 atom stereocenters. The normalized spacial score (nSPS) is 45.0. The molecule has 1 aliphatic heterocycles. The third kappa shape index (κ3) is 1.57. The van der Waals surface area contributed by atoms with Crippen LogP contribution in [0.15, 0.2) is 0 Å². The molecule has 2 fully saturated rings. The molecule has 1 aliphatic carbocycles. The van der Waals surface area contributed by atoms with Gasteiger partial charge in [0.15, 0.2) is 0 Å². The highest BCUT2D eigenvalue weighted by atomic mass is 32.1. The van der Waals surface area contributed by atoms with E-state index in [0.29, 0.717) is 5.25 Å². The van der Waals surface area contributed by atoms with Crippen LogP contribution in [0.4, 0.5) is 0 Å². The van der Waals surface area contributed by atoms with Crippen molar-refractivity contribution in [2.45, 2.75) is 43.4 Å². The minimum absolute atomic E-state index is 0.682. The average Bonchev–Trinajstić information content (AvgIpc) is 2.06. The van der Waals surface area contributed by atoms with Crippen LogP contribution in [0.5, 0.6) is 0 Å². The lowest BCUT2D eigenvalue weighted by Gasteiger charge is -2.40. The van der Waals surface area contributed by atoms with Crippen molar-refractivity contribution in [1.82, 2.24) is 5.32 Å². The summed E-state index contributed by atoms with van der Waals surface area (Å²) < 4.78 is 0. The van der Waals surface area contributed by atoms with Gasteiger partial charge in [-0.3, -0.25) is 0 Å². The van der Waals surface area contributed by atoms with Crippen LogP contribution in [0, 0.1) is 5.92 Å². The first-order valence-electron chi connectivity index (χ1n) is 4.79. The zero-order valence-electron chi connectivity index (χ0n) is 6.92. The van der Waals surface area contributed by atoms with Crippen LogP contribution in [0.1, 0.15) is 32.1 Å². The highest BCUT2D eigenvalue weighted by molar-refractivity contribution is 7.81. The minimum atomic E-state index is 0.682. The summed E-state index contributed by atoms with van der Waals surface area (Å²) in [7, 11) is 0. The first-order valence-corrected chi connectivity index (χ1v) is 5.31. The summed E-state index contributed by atoms with van der Waals surface area (Å²) in [6.07, 6.45) is 6.88. The first-order chi connectivity index (χ1) is 5.38. The second-order valence-corrected chi connectivity index (χ2v) is 4.53. The molecule has 1 saturated carbocycles. The van der Waals surface area contributed by atoms with Crippen LogP contribution in [0.25, 0.3) is 0 Å². The van der Waals surface area contributed by atoms with Gasteiger partial charge < -0.3 is 5.32 Å². The summed E-state index contributed by atoms with van der Waals surface area (Å²) >= 11 is 4.64. The van der Waals surface area contributed by atoms with E-state index in [9.17, 15) is 0 Å². The van der Waals surface area contributed by atoms with Crippen LogP contribution in [-0.2, 0) is 0 Å². The maximum Gasteiger partial charge on any atom is 0.0106 e. The van der Waals surface area contributed by atoms with Crippen molar-refractivity contribution in [3.63, 3.8) is 0 Å². The number of fused-ring (bicyclic) bond motifs is 1. The van der Waals surface area contributed by atoms with Crippen molar-refractivity contribution < 1.29 is 0 Å². The van der Waals surface area contributed by atoms with Crippen molar-refractivity contribution >= 4 is 12.6 Å². The zero-order chi connectivity index (χ0) is 7.68. The van der Waals surface area contributed by atoms with Gasteiger partial charge in [-0.05, 0) is 38.1 Å². The number of hydrogen-bond acceptors (Lipinski definition) is 2. The van der Waals surface area contributed by atoms with Crippen LogP contribution < -0.4 is 5.32 Å². The molecule has 0 spiro atoms. The summed E-state index contributed by atoms with van der Waals surface area (Å²) in [5, 5.41) is 4.28. The molecule has 64 valence electrons. The molecule has 0 aromatic rings. The van der Waals surface area contributed by atoms with E-state index in [-0.39, 0.29) is 0 Å². The van der Waals surface area contributed by atoms with Crippen molar-refractivity contribution in [3.8, 4) is 0 Å². The van der Waals surface area contributed by atoms with Gasteiger partial charge in [0.2, 0.25) is 0 Å². The van der Waals surface area contributed by atoms with E-state index >= 15 is 0 Å². The fourth-order valence-electron chi connectivity index (χ4n) is 2.52. The number of rotatable bonds is 0. The summed E-state index contributed by atoms with van der Waals surface area (Å²) in [4.78, 5) is 0. The van der Waals surface area contributed by atoms with Gasteiger partial charge in [0.1, 0.15) is 0 Å². The molecule has 1 nitrogen and oxygen atoms in total. The predicted octanol–water partition coefficient (Wildman–Crippen LogP) is 1.84. The molecule has 0 radical (unpaired) electrons. The van der Waals surface area contributed by atoms with E-state index in [1.807, 2.05) is 0 Å². The van der Waals surface area contributed by atoms with E-state index in [1.54, 1.807) is 0 Å². The Morgan fingerprint density at radius 1 is 1.09 bits per heavy atom. The summed E-state index contributed by atoms with van der Waals surface area (Å²) in [6, 6.07) is 0.806. The SMILES string of the molecule is SC1CCCC2NCCCC12. The second kappa shape index (κ2) is 3.36. The molecule has 11 heavy (non-hydrogen) atoms. The van der Waals surface area contributed by atoms with E-state index < -0.39 is 0 Å². The molecule has 0 aromatic carbocycles. The Bertz CT molecular complexity index is 136. The largest absolute Gasteiger partial charge is 0.314 e. The number of nitrogens with one attached hydrogen (secondary N) is 1. The molecule has 3 unspecified atom stereocenters. The molecule has 1 saturated heterocycles. The monoisotopic (exact) mass is 171 g/mol. The van der Waals surface area contributed by atoms with Gasteiger partial charge in [-0.25, -0.2) is 0 Å². The first kappa shape index (κ1) is 7.93. The lowest BCUT2D eigenvalue weighted by atomic mass is 9.79. The smallest absolute Gasteiger partial charge is 0.0106 e. The number of piperidine rings is 1. The van der Waals surface area contributed by atoms with E-state index in [1.165, 1.54) is 38.6 Å². The quantitative estimate of drug-likeness (QED) is 0.530. The Balaban J connectivity index is 1.99. The number of hydrogen-bond donors (Lipinski definition) is 2. The predicted molar refractivity (Wildman–Crippen MR) is 51.1 cm³/mol. The molecular weight excluding hydrogens is 154 g/mol. The Labute approximate surface area is 74.4 Å². The van der Waals surface area contributed by atoms with Gasteiger partial charge in [-0.2, -0.15) is 12.6 Å². The Morgan fingerprint density at radius 3 is 2.82 bits per heavy atom. The van der Waals surface area contributed by atoms with Gasteiger partial charge in [-0.1, -0.05) is 6.42 Å². The molecule has 2 aliphatic rings. The van der Waals surface area contributed by atoms with Gasteiger partial charge in [-0.15, -0.1) is 0 Å². The third-order valence-electron chi connectivity index (χ3n) is 3.15. The zero-order valence-corrected chi connectivity index (χ0v) is 7.82. The fourth-order valence-corrected chi connectivity index (χ4v) is 3.05. The molecule has 2 rings (SSSR count). The van der Waals surface area contributed by atoms with Crippen molar-refractivity contribution in [1.29, 1.82) is 0 Å². The van der Waals surface area contributed by atoms with Crippen LogP contribution in [-0.4, -0.2) is 17.8 Å². The van der Waals surface area contributed by atoms with Gasteiger partial charge in [0.05, 0.1) is 0 Å². The highest BCUT2D eigenvalue weighted by Gasteiger charge is 2.32. The Hall–Kier alpha value is 0.310. The Morgan fingerprint density at radius 2 is 2.00 bits per heavy atom. The third-order valence-corrected chi connectivity index (χ3v) is 3.79. The fraction of sp³-hybridized carbons (Fsp3) is 1.00. The minimum Gasteiger partial charge on any atom is -0.314 e. The topological polar surface area (TPSA) is 12.0 Å². The van der Waals surface area contributed by atoms with Gasteiger partial charge in [0.25, 0.3) is 0 Å². The maximum atomic E-state index is 4.64. The van der Waals surface area contributed by atoms with E-state index in [0.717, 1.165) is 12.0 Å². The summed E-state index contributed by atoms with van der Waals surface area (Å²) in [5.41, 5.74) is 0. The average molecular weight is 171 g/mol. The van der Waals surface area contributed by atoms with Gasteiger partial charge in [0, 0.05) is 11.3 Å². The second-order valence-electron chi connectivity index (χ2n) is 3.86. The summed E-state index contributed by atoms with van der Waals surface area (Å²) in [5.74, 6) is 0.876. The maximum absolute atomic E-state index is 4.64. The van der Waals surface area contributed by atoms with Crippen LogP contribution >= 0.6 is 12.6 Å². The van der Waals surface area contributed by atoms with Crippen molar-refractivity contribution in [3.05, 3.63) is 0 Å². The molecule has 0 amide bonds. The van der Waals surface area contributed by atoms with E-state index in [2.05, 4.69) is 17.9 Å². The molecule has 0 aromatic heterocycles. The summed E-state index contributed by atoms with van der Waals surface area (Å²) in [6.45, 7) is 1.24. The molecule has 2 heteroatoms. The van der Waals surface area contributed by atoms with Crippen LogP contribution in [0.2, 0.25) is 0 Å². The van der Waals surface area contributed by atoms with Gasteiger partial charge >= 0.3 is 0 Å². The molecule has 1 N–H and O–H groups in total. The standard InChI is InChI=1S/C9H17NS/c11-9-5-1-4-8-7(9)3-2-6-10-8/h7-11H,1-6H2. The molecule has 0 bridgehead atoms. The molecule has 1 heterocycles. The van der Waals surface area contributed by atoms with Crippen LogP contribution in [0.3, 0.4) is 0 Å². The Kier molecular flexibility index (Phi) is 2.42. The van der Waals surface area contributed by atoms with Crippen molar-refractivity contribution in [2.75, 3.05) is 6.54 Å².